The van der Waals surface area contributed by atoms with E-state index in [9.17, 15) is 4.39 Å². The Bertz CT molecular complexity index is 369. The van der Waals surface area contributed by atoms with Gasteiger partial charge in [-0.2, -0.15) is 0 Å². The molecule has 0 amide bonds. The maximum Gasteiger partial charge on any atom is 0.123 e. The third-order valence-electron chi connectivity index (χ3n) is 3.67. The summed E-state index contributed by atoms with van der Waals surface area (Å²) in [5.41, 5.74) is 1.04. The van der Waals surface area contributed by atoms with Crippen LogP contribution in [-0.4, -0.2) is 25.8 Å². The lowest BCUT2D eigenvalue weighted by Gasteiger charge is -2.25. The van der Waals surface area contributed by atoms with Crippen LogP contribution < -0.4 is 5.32 Å². The Morgan fingerprint density at radius 1 is 1.53 bits per heavy atom. The van der Waals surface area contributed by atoms with Crippen LogP contribution in [0.5, 0.6) is 0 Å². The molecule has 17 heavy (non-hydrogen) atoms. The quantitative estimate of drug-likeness (QED) is 0.868. The fourth-order valence-corrected chi connectivity index (χ4v) is 2.66. The maximum absolute atomic E-state index is 13.1. The molecular weight excluding hydrogens is 217 g/mol. The van der Waals surface area contributed by atoms with Crippen LogP contribution in [0.2, 0.25) is 0 Å². The summed E-state index contributed by atoms with van der Waals surface area (Å²) in [6.45, 7) is 2.96. The zero-order valence-electron chi connectivity index (χ0n) is 10.4. The Balaban J connectivity index is 2.04. The first kappa shape index (κ1) is 12.5. The van der Waals surface area contributed by atoms with Crippen molar-refractivity contribution in [2.24, 2.45) is 5.92 Å². The highest BCUT2D eigenvalue weighted by Crippen LogP contribution is 2.25. The van der Waals surface area contributed by atoms with Gasteiger partial charge in [0.1, 0.15) is 5.82 Å². The van der Waals surface area contributed by atoms with Gasteiger partial charge in [-0.1, -0.05) is 12.1 Å². The maximum atomic E-state index is 13.1. The standard InChI is InChI=1S/C14H20FNO/c1-10-13(6-7-17-10)14(16-2)9-11-4-3-5-12(15)8-11/h3-5,8,10,13-14,16H,6-7,9H2,1-2H3. The predicted octanol–water partition coefficient (Wildman–Crippen LogP) is 2.38. The molecule has 0 aromatic heterocycles. The van der Waals surface area contributed by atoms with Gasteiger partial charge in [0.15, 0.2) is 0 Å². The second kappa shape index (κ2) is 5.61. The van der Waals surface area contributed by atoms with Crippen LogP contribution in [-0.2, 0) is 11.2 Å². The molecule has 94 valence electrons. The molecule has 1 heterocycles. The molecule has 1 aromatic rings. The predicted molar refractivity (Wildman–Crippen MR) is 66.5 cm³/mol. The van der Waals surface area contributed by atoms with Gasteiger partial charge in [-0.05, 0) is 44.5 Å². The first-order chi connectivity index (χ1) is 8.20. The molecule has 1 N–H and O–H groups in total. The normalized spacial score (nSPS) is 26.1. The summed E-state index contributed by atoms with van der Waals surface area (Å²) < 4.78 is 18.7. The molecule has 3 atom stereocenters. The highest BCUT2D eigenvalue weighted by Gasteiger charge is 2.30. The number of rotatable bonds is 4. The van der Waals surface area contributed by atoms with Crippen molar-refractivity contribution in [2.45, 2.75) is 31.9 Å². The third kappa shape index (κ3) is 3.05. The van der Waals surface area contributed by atoms with E-state index in [4.69, 9.17) is 4.74 Å². The van der Waals surface area contributed by atoms with Gasteiger partial charge < -0.3 is 10.1 Å². The zero-order chi connectivity index (χ0) is 12.3. The van der Waals surface area contributed by atoms with Crippen molar-refractivity contribution < 1.29 is 9.13 Å². The summed E-state index contributed by atoms with van der Waals surface area (Å²) in [6.07, 6.45) is 2.23. The number of hydrogen-bond donors (Lipinski definition) is 1. The highest BCUT2D eigenvalue weighted by molar-refractivity contribution is 5.17. The lowest BCUT2D eigenvalue weighted by atomic mass is 9.89. The van der Waals surface area contributed by atoms with Crippen LogP contribution in [0.4, 0.5) is 4.39 Å². The molecule has 0 spiro atoms. The Hall–Kier alpha value is -0.930. The van der Waals surface area contributed by atoms with Gasteiger partial charge in [0.25, 0.3) is 0 Å². The van der Waals surface area contributed by atoms with E-state index in [2.05, 4.69) is 12.2 Å². The number of hydrogen-bond acceptors (Lipinski definition) is 2. The van der Waals surface area contributed by atoms with Gasteiger partial charge in [-0.15, -0.1) is 0 Å². The second-order valence-corrected chi connectivity index (χ2v) is 4.76. The van der Waals surface area contributed by atoms with Crippen molar-refractivity contribution in [1.29, 1.82) is 0 Å². The molecule has 1 aliphatic rings. The number of benzene rings is 1. The van der Waals surface area contributed by atoms with Crippen LogP contribution in [0.25, 0.3) is 0 Å². The molecule has 0 saturated carbocycles. The van der Waals surface area contributed by atoms with Crippen molar-refractivity contribution in [3.8, 4) is 0 Å². The van der Waals surface area contributed by atoms with Crippen LogP contribution >= 0.6 is 0 Å². The molecule has 3 unspecified atom stereocenters. The SMILES string of the molecule is CNC(Cc1cccc(F)c1)C1CCOC1C. The molecule has 2 nitrogen and oxygen atoms in total. The average Bonchev–Trinajstić information content (AvgIpc) is 2.72. The summed E-state index contributed by atoms with van der Waals surface area (Å²) in [6, 6.07) is 7.21. The molecule has 1 aliphatic heterocycles. The van der Waals surface area contributed by atoms with Gasteiger partial charge >= 0.3 is 0 Å². The summed E-state index contributed by atoms with van der Waals surface area (Å²) >= 11 is 0. The van der Waals surface area contributed by atoms with E-state index < -0.39 is 0 Å². The molecule has 0 bridgehead atoms. The largest absolute Gasteiger partial charge is 0.378 e. The van der Waals surface area contributed by atoms with Crippen molar-refractivity contribution in [3.63, 3.8) is 0 Å². The number of halogens is 1. The van der Waals surface area contributed by atoms with Crippen molar-refractivity contribution >= 4 is 0 Å². The van der Waals surface area contributed by atoms with Crippen LogP contribution in [0, 0.1) is 11.7 Å². The minimum Gasteiger partial charge on any atom is -0.378 e. The van der Waals surface area contributed by atoms with Gasteiger partial charge in [-0.25, -0.2) is 4.39 Å². The third-order valence-corrected chi connectivity index (χ3v) is 3.67. The van der Waals surface area contributed by atoms with E-state index >= 15 is 0 Å². The van der Waals surface area contributed by atoms with Gasteiger partial charge in [-0.3, -0.25) is 0 Å². The van der Waals surface area contributed by atoms with Gasteiger partial charge in [0.05, 0.1) is 6.10 Å². The minimum atomic E-state index is -0.159. The summed E-state index contributed by atoms with van der Waals surface area (Å²) in [5.74, 6) is 0.358. The topological polar surface area (TPSA) is 21.3 Å². The Kier molecular flexibility index (Phi) is 4.13. The lowest BCUT2D eigenvalue weighted by Crippen LogP contribution is -2.38. The lowest BCUT2D eigenvalue weighted by molar-refractivity contribution is 0.0963. The number of nitrogens with one attached hydrogen (secondary N) is 1. The Labute approximate surface area is 102 Å². The molecule has 0 radical (unpaired) electrons. The zero-order valence-corrected chi connectivity index (χ0v) is 10.4. The summed E-state index contributed by atoms with van der Waals surface area (Å²) in [5, 5.41) is 3.34. The van der Waals surface area contributed by atoms with E-state index in [1.165, 1.54) is 6.07 Å². The average molecular weight is 237 g/mol. The molecule has 2 rings (SSSR count). The number of likely N-dealkylation sites (N-methyl/N-ethyl adjacent to an activating group) is 1. The molecule has 1 fully saturated rings. The van der Waals surface area contributed by atoms with Crippen molar-refractivity contribution in [1.82, 2.24) is 5.32 Å². The van der Waals surface area contributed by atoms with E-state index in [1.54, 1.807) is 12.1 Å². The van der Waals surface area contributed by atoms with E-state index in [-0.39, 0.29) is 5.82 Å². The molecular formula is C14H20FNO. The Morgan fingerprint density at radius 2 is 2.35 bits per heavy atom. The first-order valence-corrected chi connectivity index (χ1v) is 6.24. The fourth-order valence-electron chi connectivity index (χ4n) is 2.66. The number of ether oxygens (including phenoxy) is 1. The van der Waals surface area contributed by atoms with E-state index in [0.717, 1.165) is 25.0 Å². The molecule has 3 heteroatoms. The minimum absolute atomic E-state index is 0.159. The van der Waals surface area contributed by atoms with Gasteiger partial charge in [0.2, 0.25) is 0 Å². The van der Waals surface area contributed by atoms with Crippen molar-refractivity contribution in [2.75, 3.05) is 13.7 Å². The first-order valence-electron chi connectivity index (χ1n) is 6.24. The smallest absolute Gasteiger partial charge is 0.123 e. The van der Waals surface area contributed by atoms with Gasteiger partial charge in [0, 0.05) is 18.6 Å². The summed E-state index contributed by atoms with van der Waals surface area (Å²) in [4.78, 5) is 0. The van der Waals surface area contributed by atoms with Crippen LogP contribution in [0.1, 0.15) is 18.9 Å². The monoisotopic (exact) mass is 237 g/mol. The fraction of sp³-hybridized carbons (Fsp3) is 0.571. The highest BCUT2D eigenvalue weighted by atomic mass is 19.1. The molecule has 1 saturated heterocycles. The van der Waals surface area contributed by atoms with Crippen molar-refractivity contribution in [3.05, 3.63) is 35.6 Å². The summed E-state index contributed by atoms with van der Waals surface area (Å²) in [7, 11) is 1.97. The second-order valence-electron chi connectivity index (χ2n) is 4.76. The van der Waals surface area contributed by atoms with E-state index in [0.29, 0.717) is 18.1 Å². The van der Waals surface area contributed by atoms with Crippen LogP contribution in [0.3, 0.4) is 0 Å². The molecule has 1 aromatic carbocycles. The van der Waals surface area contributed by atoms with E-state index in [1.807, 2.05) is 13.1 Å². The Morgan fingerprint density at radius 3 is 2.94 bits per heavy atom. The molecule has 0 aliphatic carbocycles. The van der Waals surface area contributed by atoms with Crippen LogP contribution in [0.15, 0.2) is 24.3 Å².